The molecule has 1 aromatic heterocycles. The van der Waals surface area contributed by atoms with Crippen LogP contribution in [0.5, 0.6) is 0 Å². The number of aromatic nitrogens is 1. The minimum Gasteiger partial charge on any atom is -0.318 e. The number of amides is 4. The lowest BCUT2D eigenvalue weighted by Gasteiger charge is -2.26. The summed E-state index contributed by atoms with van der Waals surface area (Å²) >= 11 is 0. The predicted molar refractivity (Wildman–Crippen MR) is 111 cm³/mol. The lowest BCUT2D eigenvalue weighted by Crippen LogP contribution is -2.54. The van der Waals surface area contributed by atoms with Crippen LogP contribution in [0, 0.1) is 13.8 Å². The number of hydrogen-bond acceptors (Lipinski definition) is 3. The molecule has 0 saturated carbocycles. The van der Waals surface area contributed by atoms with Gasteiger partial charge in [-0.15, -0.1) is 0 Å². The molecule has 6 nitrogen and oxygen atoms in total. The fraction of sp³-hybridized carbons (Fsp3) is 0.0870. The summed E-state index contributed by atoms with van der Waals surface area (Å²) in [6.45, 7) is 3.89. The average molecular weight is 385 g/mol. The molecule has 0 atom stereocenters. The van der Waals surface area contributed by atoms with Crippen molar-refractivity contribution in [2.45, 2.75) is 13.8 Å². The van der Waals surface area contributed by atoms with Crippen LogP contribution in [0.3, 0.4) is 0 Å². The van der Waals surface area contributed by atoms with Gasteiger partial charge in [0.05, 0.1) is 5.69 Å². The van der Waals surface area contributed by atoms with Gasteiger partial charge in [-0.05, 0) is 55.8 Å². The van der Waals surface area contributed by atoms with Gasteiger partial charge in [-0.1, -0.05) is 36.4 Å². The first-order valence-corrected chi connectivity index (χ1v) is 9.18. The number of barbiturate groups is 1. The van der Waals surface area contributed by atoms with Crippen LogP contribution in [0.25, 0.3) is 11.8 Å². The predicted octanol–water partition coefficient (Wildman–Crippen LogP) is 3.76. The highest BCUT2D eigenvalue weighted by Crippen LogP contribution is 2.25. The standard InChI is InChI=1S/C23H19N3O3/c1-15-13-17(16(2)25(15)18-9-5-3-6-10-18)14-20-21(27)24-23(29)26(22(20)28)19-11-7-4-8-12-19/h3-14H,1-2H3,(H,24,27,29)/b20-14+. The Morgan fingerprint density at radius 1 is 0.828 bits per heavy atom. The van der Waals surface area contributed by atoms with E-state index in [0.29, 0.717) is 5.69 Å². The van der Waals surface area contributed by atoms with Crippen molar-refractivity contribution in [3.05, 3.63) is 89.3 Å². The minimum atomic E-state index is -0.752. The number of para-hydroxylation sites is 2. The van der Waals surface area contributed by atoms with Gasteiger partial charge in [0, 0.05) is 17.1 Å². The lowest BCUT2D eigenvalue weighted by atomic mass is 10.1. The molecule has 4 rings (SSSR count). The van der Waals surface area contributed by atoms with Gasteiger partial charge in [-0.3, -0.25) is 14.9 Å². The Bertz CT molecular complexity index is 1140. The van der Waals surface area contributed by atoms with Gasteiger partial charge in [-0.2, -0.15) is 0 Å². The fourth-order valence-corrected chi connectivity index (χ4v) is 3.53. The van der Waals surface area contributed by atoms with Crippen molar-refractivity contribution < 1.29 is 14.4 Å². The molecule has 1 saturated heterocycles. The molecule has 4 amide bonds. The zero-order valence-corrected chi connectivity index (χ0v) is 16.0. The number of urea groups is 1. The molecule has 0 bridgehead atoms. The van der Waals surface area contributed by atoms with Crippen LogP contribution < -0.4 is 10.2 Å². The van der Waals surface area contributed by atoms with Crippen molar-refractivity contribution in [2.75, 3.05) is 4.90 Å². The van der Waals surface area contributed by atoms with Crippen LogP contribution in [-0.2, 0) is 9.59 Å². The molecule has 0 radical (unpaired) electrons. The number of rotatable bonds is 3. The van der Waals surface area contributed by atoms with Crippen LogP contribution in [-0.4, -0.2) is 22.4 Å². The summed E-state index contributed by atoms with van der Waals surface area (Å²) in [6, 6.07) is 19.5. The van der Waals surface area contributed by atoms with Crippen LogP contribution in [0.2, 0.25) is 0 Å². The van der Waals surface area contributed by atoms with Crippen molar-refractivity contribution in [3.8, 4) is 5.69 Å². The second-order valence-electron chi connectivity index (χ2n) is 6.79. The number of anilines is 1. The van der Waals surface area contributed by atoms with Crippen molar-refractivity contribution in [2.24, 2.45) is 0 Å². The maximum Gasteiger partial charge on any atom is 0.335 e. The van der Waals surface area contributed by atoms with E-state index in [4.69, 9.17) is 0 Å². The van der Waals surface area contributed by atoms with E-state index in [-0.39, 0.29) is 5.57 Å². The van der Waals surface area contributed by atoms with E-state index in [1.54, 1.807) is 36.4 Å². The maximum atomic E-state index is 13.0. The molecule has 2 heterocycles. The monoisotopic (exact) mass is 385 g/mol. The second-order valence-corrected chi connectivity index (χ2v) is 6.79. The van der Waals surface area contributed by atoms with Crippen LogP contribution in [0.4, 0.5) is 10.5 Å². The third-order valence-corrected chi connectivity index (χ3v) is 4.90. The molecule has 144 valence electrons. The van der Waals surface area contributed by atoms with Crippen LogP contribution >= 0.6 is 0 Å². The number of carbonyl (C=O) groups is 3. The van der Waals surface area contributed by atoms with E-state index in [1.807, 2.05) is 50.2 Å². The third-order valence-electron chi connectivity index (χ3n) is 4.90. The van der Waals surface area contributed by atoms with Crippen molar-refractivity contribution in [1.29, 1.82) is 0 Å². The number of aryl methyl sites for hydroxylation is 1. The first kappa shape index (κ1) is 18.4. The topological polar surface area (TPSA) is 71.4 Å². The summed E-state index contributed by atoms with van der Waals surface area (Å²) in [5, 5.41) is 2.25. The summed E-state index contributed by atoms with van der Waals surface area (Å²) in [7, 11) is 0. The van der Waals surface area contributed by atoms with Crippen LogP contribution in [0.1, 0.15) is 17.0 Å². The van der Waals surface area contributed by atoms with E-state index in [0.717, 1.165) is 27.5 Å². The van der Waals surface area contributed by atoms with E-state index < -0.39 is 17.8 Å². The molecular formula is C23H19N3O3. The molecule has 0 unspecified atom stereocenters. The van der Waals surface area contributed by atoms with Gasteiger partial charge in [0.1, 0.15) is 5.57 Å². The van der Waals surface area contributed by atoms with E-state index in [9.17, 15) is 14.4 Å². The summed E-state index contributed by atoms with van der Waals surface area (Å²) in [6.07, 6.45) is 1.54. The summed E-state index contributed by atoms with van der Waals surface area (Å²) in [4.78, 5) is 38.6. The van der Waals surface area contributed by atoms with Crippen molar-refractivity contribution in [1.82, 2.24) is 9.88 Å². The quantitative estimate of drug-likeness (QED) is 0.551. The molecule has 6 heteroatoms. The van der Waals surface area contributed by atoms with Gasteiger partial charge in [0.25, 0.3) is 11.8 Å². The fourth-order valence-electron chi connectivity index (χ4n) is 3.53. The molecule has 1 N–H and O–H groups in total. The lowest BCUT2D eigenvalue weighted by molar-refractivity contribution is -0.122. The highest BCUT2D eigenvalue weighted by molar-refractivity contribution is 6.39. The number of benzene rings is 2. The Balaban J connectivity index is 1.77. The molecule has 2 aromatic carbocycles. The molecular weight excluding hydrogens is 366 g/mol. The molecule has 1 fully saturated rings. The Morgan fingerprint density at radius 3 is 2.03 bits per heavy atom. The largest absolute Gasteiger partial charge is 0.335 e. The van der Waals surface area contributed by atoms with E-state index >= 15 is 0 Å². The van der Waals surface area contributed by atoms with Gasteiger partial charge >= 0.3 is 6.03 Å². The van der Waals surface area contributed by atoms with Gasteiger partial charge in [0.2, 0.25) is 0 Å². The number of carbonyl (C=O) groups excluding carboxylic acids is 3. The van der Waals surface area contributed by atoms with Crippen molar-refractivity contribution >= 4 is 29.6 Å². The van der Waals surface area contributed by atoms with E-state index in [1.165, 1.54) is 0 Å². The third kappa shape index (κ3) is 3.25. The maximum absolute atomic E-state index is 13.0. The number of nitrogens with zero attached hydrogens (tertiary/aromatic N) is 2. The number of imide groups is 2. The zero-order chi connectivity index (χ0) is 20.5. The Hall–Kier alpha value is -3.93. The van der Waals surface area contributed by atoms with Gasteiger partial charge in [-0.25, -0.2) is 9.69 Å². The normalized spacial score (nSPS) is 15.7. The van der Waals surface area contributed by atoms with Crippen LogP contribution in [0.15, 0.2) is 72.3 Å². The Labute approximate surface area is 168 Å². The number of nitrogens with one attached hydrogen (secondary N) is 1. The Morgan fingerprint density at radius 2 is 1.41 bits per heavy atom. The van der Waals surface area contributed by atoms with Gasteiger partial charge in [0.15, 0.2) is 0 Å². The highest BCUT2D eigenvalue weighted by Gasteiger charge is 2.36. The molecule has 29 heavy (non-hydrogen) atoms. The second kappa shape index (κ2) is 7.24. The molecule has 1 aliphatic heterocycles. The van der Waals surface area contributed by atoms with E-state index in [2.05, 4.69) is 9.88 Å². The SMILES string of the molecule is Cc1cc(/C=C2\C(=O)NC(=O)N(c3ccccc3)C2=O)c(C)n1-c1ccccc1. The molecule has 0 spiro atoms. The Kier molecular flexibility index (Phi) is 4.60. The molecule has 0 aliphatic carbocycles. The highest BCUT2D eigenvalue weighted by atomic mass is 16.2. The smallest absolute Gasteiger partial charge is 0.318 e. The van der Waals surface area contributed by atoms with Crippen molar-refractivity contribution in [3.63, 3.8) is 0 Å². The first-order chi connectivity index (χ1) is 14.0. The average Bonchev–Trinajstić information content (AvgIpc) is 2.99. The zero-order valence-electron chi connectivity index (χ0n) is 16.0. The summed E-state index contributed by atoms with van der Waals surface area (Å²) in [5.41, 5.74) is 3.93. The minimum absolute atomic E-state index is 0.0817. The first-order valence-electron chi connectivity index (χ1n) is 9.18. The van der Waals surface area contributed by atoms with Gasteiger partial charge < -0.3 is 4.57 Å². The summed E-state index contributed by atoms with van der Waals surface area (Å²) < 4.78 is 2.05. The molecule has 1 aliphatic rings. The molecule has 3 aromatic rings. The number of hydrogen-bond donors (Lipinski definition) is 1. The summed E-state index contributed by atoms with van der Waals surface area (Å²) in [5.74, 6) is -1.34.